The molecular formula is C108H102Cl6N12O18. The van der Waals surface area contributed by atoms with Crippen LogP contribution in [-0.2, 0) is 135 Å². The van der Waals surface area contributed by atoms with Crippen LogP contribution in [0.1, 0.15) is 66.8 Å². The number of halogens is 6. The van der Waals surface area contributed by atoms with Crippen molar-refractivity contribution in [2.24, 2.45) is 0 Å². The van der Waals surface area contributed by atoms with Gasteiger partial charge in [-0.3, -0.25) is 57.5 Å². The fourth-order valence-corrected chi connectivity index (χ4v) is 16.9. The first-order valence-electron chi connectivity index (χ1n) is 45.9. The number of rotatable bonds is 24. The van der Waals surface area contributed by atoms with Gasteiger partial charge in [0.1, 0.15) is 107 Å². The van der Waals surface area contributed by atoms with Crippen molar-refractivity contribution in [3.8, 4) is 34.5 Å². The molecule has 0 radical (unpaired) electrons. The van der Waals surface area contributed by atoms with Crippen LogP contribution in [0.5, 0.6) is 34.5 Å². The van der Waals surface area contributed by atoms with Crippen LogP contribution in [0, 0.1) is 0 Å². The summed E-state index contributed by atoms with van der Waals surface area (Å²) in [6, 6.07) is 75.4. The molecule has 0 spiro atoms. The summed E-state index contributed by atoms with van der Waals surface area (Å²) < 4.78 is 0. The van der Waals surface area contributed by atoms with Gasteiger partial charge in [0.15, 0.2) is 0 Å². The van der Waals surface area contributed by atoms with E-state index in [-0.39, 0.29) is 105 Å². The lowest BCUT2D eigenvalue weighted by Gasteiger charge is -2.29. The van der Waals surface area contributed by atoms with Gasteiger partial charge in [-0.2, -0.15) is 0 Å². The molecule has 18 N–H and O–H groups in total. The number of carbonyl (C=O) groups excluding carboxylic acids is 12. The molecule has 30 nitrogen and oxygen atoms in total. The number of benzene rings is 12. The van der Waals surface area contributed by atoms with E-state index in [1.165, 1.54) is 0 Å². The van der Waals surface area contributed by atoms with Crippen molar-refractivity contribution in [1.29, 1.82) is 0 Å². The number of phenols is 6. The number of phenolic OH excluding ortho intramolecular Hbond substituents is 6. The van der Waals surface area contributed by atoms with Gasteiger partial charge in [-0.1, -0.05) is 215 Å². The Kier molecular flexibility index (Phi) is 37.6. The first-order valence-corrected chi connectivity index (χ1v) is 48.1. The quantitative estimate of drug-likeness (QED) is 0.0267. The summed E-state index contributed by atoms with van der Waals surface area (Å²) in [5.41, 5.74) is 10.8. The summed E-state index contributed by atoms with van der Waals surface area (Å²) in [5.74, 6) is -1.50. The van der Waals surface area contributed by atoms with Crippen LogP contribution in [0.2, 0.25) is 30.1 Å². The van der Waals surface area contributed by atoms with Crippen molar-refractivity contribution in [3.63, 3.8) is 0 Å². The third kappa shape index (κ3) is 32.4. The lowest BCUT2D eigenvalue weighted by atomic mass is 9.98. The lowest BCUT2D eigenvalue weighted by Crippen LogP contribution is -2.62. The highest BCUT2D eigenvalue weighted by molar-refractivity contribution is 6.32. The van der Waals surface area contributed by atoms with Gasteiger partial charge in [0.25, 0.3) is 0 Å². The molecule has 744 valence electrons. The predicted octanol–water partition coefficient (Wildman–Crippen LogP) is 10.9. The summed E-state index contributed by atoms with van der Waals surface area (Å²) in [5, 5.41) is 92.8. The maximum Gasteiger partial charge on any atom is 0.243 e. The van der Waals surface area contributed by atoms with Crippen LogP contribution in [0.25, 0.3) is 0 Å². The molecule has 6 aliphatic rings. The first-order chi connectivity index (χ1) is 69.0. The molecule has 6 fully saturated rings. The monoisotopic (exact) mass is 2060 g/mol. The summed E-state index contributed by atoms with van der Waals surface area (Å²) in [6.45, 7) is 0. The first kappa shape index (κ1) is 106. The van der Waals surface area contributed by atoms with Crippen LogP contribution < -0.4 is 63.8 Å². The Balaban J connectivity index is 0.000000145. The van der Waals surface area contributed by atoms with Crippen LogP contribution in [0.15, 0.2) is 291 Å². The van der Waals surface area contributed by atoms with Gasteiger partial charge >= 0.3 is 0 Å². The van der Waals surface area contributed by atoms with E-state index < -0.39 is 72.5 Å². The van der Waals surface area contributed by atoms with E-state index in [9.17, 15) is 88.2 Å². The number of aromatic hydroxyl groups is 6. The number of hydrogen-bond donors (Lipinski definition) is 18. The number of amides is 12. The Morgan fingerprint density at radius 2 is 0.201 bits per heavy atom. The van der Waals surface area contributed by atoms with Gasteiger partial charge in [0.2, 0.25) is 70.9 Å². The average molecular weight is 2070 g/mol. The van der Waals surface area contributed by atoms with Crippen molar-refractivity contribution in [2.45, 2.75) is 150 Å². The molecule has 12 amide bonds. The van der Waals surface area contributed by atoms with Gasteiger partial charge < -0.3 is 94.4 Å². The van der Waals surface area contributed by atoms with Gasteiger partial charge in [-0.25, -0.2) is 0 Å². The summed E-state index contributed by atoms with van der Waals surface area (Å²) in [4.78, 5) is 147. The lowest BCUT2D eigenvalue weighted by molar-refractivity contribution is -0.136. The molecule has 12 atom stereocenters. The zero-order valence-electron chi connectivity index (χ0n) is 77.0. The minimum Gasteiger partial charge on any atom is -0.508 e. The zero-order valence-corrected chi connectivity index (χ0v) is 81.5. The van der Waals surface area contributed by atoms with E-state index in [0.717, 1.165) is 66.8 Å². The standard InChI is InChI=1S/3C18H16Cl2N2O2.3C18H18N2O4/c3*19-13-5-1-11(2-6-13)9-15-17(23)22-16(18(24)21-15)10-12-3-7-14(20)8-4-12;3*21-13-5-1-11(2-6-13)9-15-17(23)20-16(18(24)19-15)10-12-3-7-14(22)8-4-12/h3*1-8,15-16H,9-10H2,(H,21,24)(H,22,23);3*1-8,15-16,21-22H,9-10H2,(H,19,24)(H,20,23)/t15-,16+;2*15-,16-;15-,16+;2*15-,16-/m.10.10/s1. The molecular weight excluding hydrogens is 1970 g/mol. The molecule has 0 unspecified atom stereocenters. The van der Waals surface area contributed by atoms with Gasteiger partial charge in [0, 0.05) is 107 Å². The molecule has 36 heteroatoms. The normalized spacial score (nSPS) is 20.4. The van der Waals surface area contributed by atoms with Crippen molar-refractivity contribution < 1.29 is 88.2 Å². The maximum absolute atomic E-state index is 12.3. The number of nitrogens with one attached hydrogen (secondary N) is 12. The highest BCUT2D eigenvalue weighted by atomic mass is 35.5. The van der Waals surface area contributed by atoms with E-state index >= 15 is 0 Å². The van der Waals surface area contributed by atoms with E-state index in [4.69, 9.17) is 69.6 Å². The van der Waals surface area contributed by atoms with Crippen LogP contribution in [0.4, 0.5) is 0 Å². The number of hydrogen-bond acceptors (Lipinski definition) is 18. The van der Waals surface area contributed by atoms with Gasteiger partial charge in [0.05, 0.1) is 0 Å². The van der Waals surface area contributed by atoms with E-state index in [1.807, 2.05) is 72.8 Å². The minimum absolute atomic E-state index is 0.157. The van der Waals surface area contributed by atoms with Gasteiger partial charge in [-0.05, 0) is 212 Å². The predicted molar refractivity (Wildman–Crippen MR) is 545 cm³/mol. The zero-order chi connectivity index (χ0) is 103. The molecule has 0 aromatic heterocycles. The molecule has 12 aromatic rings. The minimum atomic E-state index is -0.627. The highest BCUT2D eigenvalue weighted by Gasteiger charge is 2.40. The molecule has 6 aliphatic heterocycles. The second-order valence-electron chi connectivity index (χ2n) is 34.9. The molecule has 0 saturated carbocycles. The second kappa shape index (κ2) is 51.0. The summed E-state index contributed by atoms with van der Waals surface area (Å²) in [7, 11) is 0. The van der Waals surface area contributed by atoms with Crippen LogP contribution >= 0.6 is 69.6 Å². The van der Waals surface area contributed by atoms with Crippen molar-refractivity contribution in [3.05, 3.63) is 388 Å². The fourth-order valence-electron chi connectivity index (χ4n) is 16.1. The Hall–Kier alpha value is -15.2. The van der Waals surface area contributed by atoms with Crippen LogP contribution in [0.3, 0.4) is 0 Å². The van der Waals surface area contributed by atoms with Crippen LogP contribution in [-0.4, -0.2) is 174 Å². The maximum atomic E-state index is 12.3. The Morgan fingerprint density at radius 3 is 0.278 bits per heavy atom. The van der Waals surface area contributed by atoms with Crippen molar-refractivity contribution in [2.75, 3.05) is 0 Å². The molecule has 0 bridgehead atoms. The smallest absolute Gasteiger partial charge is 0.243 e. The fraction of sp³-hybridized carbons (Fsp3) is 0.222. The van der Waals surface area contributed by atoms with E-state index in [0.29, 0.717) is 107 Å². The number of piperazine rings is 6. The molecule has 18 rings (SSSR count). The summed E-state index contributed by atoms with van der Waals surface area (Å²) >= 11 is 35.1. The van der Waals surface area contributed by atoms with E-state index in [1.54, 1.807) is 218 Å². The molecule has 6 heterocycles. The largest absolute Gasteiger partial charge is 0.508 e. The molecule has 12 aromatic carbocycles. The Labute approximate surface area is 858 Å². The molecule has 6 saturated heterocycles. The van der Waals surface area contributed by atoms with E-state index in [2.05, 4.69) is 63.8 Å². The Bertz CT molecular complexity index is 5090. The second-order valence-corrected chi connectivity index (χ2v) is 37.6. The molecule has 144 heavy (non-hydrogen) atoms. The topological polar surface area (TPSA) is 471 Å². The third-order valence-corrected chi connectivity index (χ3v) is 25.5. The third-order valence-electron chi connectivity index (χ3n) is 24.0. The van der Waals surface area contributed by atoms with Crippen molar-refractivity contribution in [1.82, 2.24) is 63.8 Å². The van der Waals surface area contributed by atoms with Gasteiger partial charge in [-0.15, -0.1) is 0 Å². The average Bonchev–Trinajstić information content (AvgIpc) is 0.842. The van der Waals surface area contributed by atoms with Crippen molar-refractivity contribution >= 4 is 140 Å². The number of carbonyl (C=O) groups is 12. The summed E-state index contributed by atoms with van der Waals surface area (Å²) in [6.07, 6.45) is 4.79. The highest BCUT2D eigenvalue weighted by Crippen LogP contribution is 2.26. The Morgan fingerprint density at radius 1 is 0.132 bits per heavy atom. The molecule has 0 aliphatic carbocycles. The SMILES string of the molecule is O=C1N[C@@H](Cc2ccc(Cl)cc2)C(=O)N[C@H]1Cc1ccc(Cl)cc1.O=C1N[C@@H](Cc2ccc(O)cc2)C(=O)N[C@H]1Cc1ccc(O)cc1.O=C1N[C@H](Cc2ccc(Cl)cc2)C(=O)N[C@@H]1Cc1ccc(Cl)cc1.O=C1N[C@H](Cc2ccc(Cl)cc2)C(=O)N[C@H]1Cc1ccc(Cl)cc1.O=C1N[C@H](Cc2ccc(O)cc2)C(=O)N[C@@H]1Cc1ccc(O)cc1.O=C1N[C@H](Cc2ccc(O)cc2)C(=O)N[C@H]1Cc1ccc(O)cc1.